The number of para-hydroxylation sites is 1. The monoisotopic (exact) mass is 520 g/mol. The Bertz CT molecular complexity index is 1480. The van der Waals surface area contributed by atoms with Gasteiger partial charge in [0.15, 0.2) is 5.13 Å². The van der Waals surface area contributed by atoms with Crippen LogP contribution in [0.25, 0.3) is 10.2 Å². The molecule has 0 bridgehead atoms. The molecule has 1 saturated heterocycles. The third-order valence-corrected chi connectivity index (χ3v) is 9.39. The highest BCUT2D eigenvalue weighted by Crippen LogP contribution is 2.30. The zero-order valence-corrected chi connectivity index (χ0v) is 21.9. The summed E-state index contributed by atoms with van der Waals surface area (Å²) in [7, 11) is -3.73. The van der Waals surface area contributed by atoms with E-state index in [1.54, 1.807) is 42.5 Å². The van der Waals surface area contributed by atoms with Crippen molar-refractivity contribution in [3.8, 4) is 0 Å². The molecule has 0 aliphatic carbocycles. The minimum absolute atomic E-state index is 0.0890. The molecule has 0 unspecified atom stereocenters. The molecule has 3 aromatic carbocycles. The lowest BCUT2D eigenvalue weighted by Crippen LogP contribution is -2.48. The van der Waals surface area contributed by atoms with E-state index >= 15 is 0 Å². The van der Waals surface area contributed by atoms with Gasteiger partial charge in [-0.05, 0) is 67.9 Å². The van der Waals surface area contributed by atoms with E-state index in [4.69, 9.17) is 4.98 Å². The van der Waals surface area contributed by atoms with Crippen molar-refractivity contribution in [2.24, 2.45) is 0 Å². The summed E-state index contributed by atoms with van der Waals surface area (Å²) in [6.07, 6.45) is 0. The number of hydrogen-bond acceptors (Lipinski definition) is 6. The van der Waals surface area contributed by atoms with Gasteiger partial charge in [0.25, 0.3) is 15.9 Å². The van der Waals surface area contributed by atoms with Gasteiger partial charge in [-0.15, -0.1) is 0 Å². The van der Waals surface area contributed by atoms with E-state index in [9.17, 15) is 13.2 Å². The Morgan fingerprint density at radius 2 is 1.67 bits per heavy atom. The van der Waals surface area contributed by atoms with Gasteiger partial charge in [-0.1, -0.05) is 35.6 Å². The summed E-state index contributed by atoms with van der Waals surface area (Å²) >= 11 is 1.68. The first-order chi connectivity index (χ1) is 17.4. The van der Waals surface area contributed by atoms with Crippen molar-refractivity contribution in [1.82, 2.24) is 9.88 Å². The van der Waals surface area contributed by atoms with Crippen LogP contribution in [0.15, 0.2) is 77.7 Å². The summed E-state index contributed by atoms with van der Waals surface area (Å²) in [6.45, 7) is 6.79. The second-order valence-electron chi connectivity index (χ2n) is 8.78. The average Bonchev–Trinajstić information content (AvgIpc) is 3.32. The van der Waals surface area contributed by atoms with Crippen LogP contribution in [-0.4, -0.2) is 56.9 Å². The molecule has 1 aliphatic rings. The van der Waals surface area contributed by atoms with Crippen LogP contribution in [0.1, 0.15) is 22.8 Å². The quantitative estimate of drug-likeness (QED) is 0.366. The fraction of sp³-hybridized carbons (Fsp3) is 0.259. The summed E-state index contributed by atoms with van der Waals surface area (Å²) in [5.41, 5.74) is 3.32. The molecule has 7 nitrogen and oxygen atoms in total. The van der Waals surface area contributed by atoms with Crippen molar-refractivity contribution in [2.45, 2.75) is 18.7 Å². The molecule has 0 saturated carbocycles. The van der Waals surface area contributed by atoms with Gasteiger partial charge in [0.1, 0.15) is 0 Å². The molecular weight excluding hydrogens is 492 g/mol. The second kappa shape index (κ2) is 9.91. The molecule has 0 N–H and O–H groups in total. The lowest BCUT2D eigenvalue weighted by molar-refractivity contribution is 0.0746. The van der Waals surface area contributed by atoms with Crippen LogP contribution < -0.4 is 9.21 Å². The summed E-state index contributed by atoms with van der Waals surface area (Å²) < 4.78 is 29.0. The van der Waals surface area contributed by atoms with Gasteiger partial charge in [-0.2, -0.15) is 0 Å². The van der Waals surface area contributed by atoms with Crippen molar-refractivity contribution in [1.29, 1.82) is 0 Å². The molecule has 0 atom stereocenters. The molecule has 1 fully saturated rings. The number of aromatic nitrogens is 1. The fourth-order valence-corrected chi connectivity index (χ4v) is 7.01. The molecule has 5 rings (SSSR count). The Balaban J connectivity index is 1.26. The zero-order chi connectivity index (χ0) is 25.3. The Morgan fingerprint density at radius 3 is 2.33 bits per heavy atom. The van der Waals surface area contributed by atoms with E-state index in [2.05, 4.69) is 24.0 Å². The van der Waals surface area contributed by atoms with Crippen LogP contribution in [0.3, 0.4) is 0 Å². The van der Waals surface area contributed by atoms with Crippen molar-refractivity contribution in [3.63, 3.8) is 0 Å². The molecule has 1 aliphatic heterocycles. The van der Waals surface area contributed by atoms with Crippen molar-refractivity contribution in [3.05, 3.63) is 83.9 Å². The van der Waals surface area contributed by atoms with E-state index in [1.165, 1.54) is 26.7 Å². The topological polar surface area (TPSA) is 73.8 Å². The molecule has 4 aromatic rings. The number of thiazole rings is 1. The second-order valence-corrected chi connectivity index (χ2v) is 11.6. The first-order valence-corrected chi connectivity index (χ1v) is 14.2. The molecule has 186 valence electrons. The van der Waals surface area contributed by atoms with Crippen LogP contribution in [0.5, 0.6) is 0 Å². The number of rotatable bonds is 6. The summed E-state index contributed by atoms with van der Waals surface area (Å²) in [5, 5.41) is 0.983. The molecule has 2 heterocycles. The van der Waals surface area contributed by atoms with Crippen molar-refractivity contribution in [2.75, 3.05) is 41.9 Å². The standard InChI is InChI=1S/C27H28N4O3S2/c1-3-31(22-7-5-4-6-8-22)36(33,34)23-12-10-21(11-13-23)26(32)29-15-17-30(18-16-29)27-28-24-14-9-20(2)19-25(24)35-27/h4-14,19H,3,15-18H2,1-2H3. The van der Waals surface area contributed by atoms with Gasteiger partial charge in [0.05, 0.1) is 20.8 Å². The number of piperazine rings is 1. The van der Waals surface area contributed by atoms with Crippen molar-refractivity contribution >= 4 is 48.3 Å². The molecule has 36 heavy (non-hydrogen) atoms. The van der Waals surface area contributed by atoms with Gasteiger partial charge < -0.3 is 9.80 Å². The van der Waals surface area contributed by atoms with Crippen LogP contribution >= 0.6 is 11.3 Å². The maximum absolute atomic E-state index is 13.2. The molecular formula is C27H28N4O3S2. The number of nitrogens with zero attached hydrogens (tertiary/aromatic N) is 4. The van der Waals surface area contributed by atoms with Gasteiger partial charge in [0.2, 0.25) is 0 Å². The van der Waals surface area contributed by atoms with E-state index in [-0.39, 0.29) is 10.8 Å². The Kier molecular flexibility index (Phi) is 6.68. The van der Waals surface area contributed by atoms with E-state index in [0.717, 1.165) is 10.6 Å². The number of aryl methyl sites for hydroxylation is 1. The third-order valence-electron chi connectivity index (χ3n) is 6.39. The van der Waals surface area contributed by atoms with Crippen LogP contribution in [0, 0.1) is 6.92 Å². The lowest BCUT2D eigenvalue weighted by atomic mass is 10.2. The lowest BCUT2D eigenvalue weighted by Gasteiger charge is -2.34. The van der Waals surface area contributed by atoms with E-state index < -0.39 is 10.0 Å². The average molecular weight is 521 g/mol. The van der Waals surface area contributed by atoms with Crippen LogP contribution in [0.2, 0.25) is 0 Å². The highest BCUT2D eigenvalue weighted by molar-refractivity contribution is 7.92. The minimum atomic E-state index is -3.73. The van der Waals surface area contributed by atoms with E-state index in [1.807, 2.05) is 29.2 Å². The maximum atomic E-state index is 13.2. The van der Waals surface area contributed by atoms with Crippen LogP contribution in [-0.2, 0) is 10.0 Å². The molecule has 1 aromatic heterocycles. The summed E-state index contributed by atoms with van der Waals surface area (Å²) in [6, 6.07) is 21.5. The van der Waals surface area contributed by atoms with Crippen LogP contribution in [0.4, 0.5) is 10.8 Å². The van der Waals surface area contributed by atoms with Gasteiger partial charge in [0, 0.05) is 38.3 Å². The molecule has 0 spiro atoms. The fourth-order valence-electron chi connectivity index (χ4n) is 4.42. The number of fused-ring (bicyclic) bond motifs is 1. The predicted molar refractivity (Wildman–Crippen MR) is 146 cm³/mol. The Hall–Kier alpha value is -3.43. The van der Waals surface area contributed by atoms with Crippen molar-refractivity contribution < 1.29 is 13.2 Å². The first kappa shape index (κ1) is 24.3. The summed E-state index contributed by atoms with van der Waals surface area (Å²) in [4.78, 5) is 22.1. The third kappa shape index (κ3) is 4.68. The van der Waals surface area contributed by atoms with Gasteiger partial charge >= 0.3 is 0 Å². The number of sulfonamides is 1. The number of carbonyl (C=O) groups is 1. The predicted octanol–water partition coefficient (Wildman–Crippen LogP) is 4.78. The Labute approximate surface area is 215 Å². The first-order valence-electron chi connectivity index (χ1n) is 12.0. The zero-order valence-electron chi connectivity index (χ0n) is 20.3. The number of carbonyl (C=O) groups excluding carboxylic acids is 1. The minimum Gasteiger partial charge on any atom is -0.345 e. The molecule has 0 radical (unpaired) electrons. The summed E-state index contributed by atoms with van der Waals surface area (Å²) in [5.74, 6) is -0.0890. The van der Waals surface area contributed by atoms with Gasteiger partial charge in [-0.25, -0.2) is 13.4 Å². The maximum Gasteiger partial charge on any atom is 0.264 e. The number of amides is 1. The highest BCUT2D eigenvalue weighted by Gasteiger charge is 2.26. The molecule has 9 heteroatoms. The largest absolute Gasteiger partial charge is 0.345 e. The SMILES string of the molecule is CCN(c1ccccc1)S(=O)(=O)c1ccc(C(=O)N2CCN(c3nc4ccc(C)cc4s3)CC2)cc1. The van der Waals surface area contributed by atoms with Gasteiger partial charge in [-0.3, -0.25) is 9.10 Å². The molecule has 1 amide bonds. The number of anilines is 2. The Morgan fingerprint density at radius 1 is 0.972 bits per heavy atom. The van der Waals surface area contributed by atoms with E-state index in [0.29, 0.717) is 44.0 Å². The normalized spacial score (nSPS) is 14.3. The highest BCUT2D eigenvalue weighted by atomic mass is 32.2. The smallest absolute Gasteiger partial charge is 0.264 e. The number of benzene rings is 3. The number of hydrogen-bond donors (Lipinski definition) is 0.